The maximum atomic E-state index is 13.0. The van der Waals surface area contributed by atoms with E-state index < -0.39 is 0 Å². The molecule has 4 bridgehead atoms. The van der Waals surface area contributed by atoms with E-state index in [1.807, 2.05) is 29.2 Å². The summed E-state index contributed by atoms with van der Waals surface area (Å²) in [5.74, 6) is 2.75. The second kappa shape index (κ2) is 7.78. The van der Waals surface area contributed by atoms with Crippen LogP contribution >= 0.6 is 0 Å². The van der Waals surface area contributed by atoms with Gasteiger partial charge in [0, 0.05) is 26.2 Å². The van der Waals surface area contributed by atoms with Crippen molar-refractivity contribution in [2.24, 2.45) is 23.2 Å². The SMILES string of the molecule is COc1ccccc1N1CCN(C(=O)COC(=O)C23CC4CC(CC(C4)C2)C3)CC1. The minimum absolute atomic E-state index is 0.0762. The van der Waals surface area contributed by atoms with Crippen LogP contribution in [0.5, 0.6) is 5.75 Å². The highest BCUT2D eigenvalue weighted by Gasteiger charge is 2.55. The van der Waals surface area contributed by atoms with E-state index in [0.717, 1.165) is 43.8 Å². The van der Waals surface area contributed by atoms with Gasteiger partial charge < -0.3 is 19.3 Å². The van der Waals surface area contributed by atoms with Gasteiger partial charge in [-0.3, -0.25) is 9.59 Å². The van der Waals surface area contributed by atoms with Gasteiger partial charge in [-0.15, -0.1) is 0 Å². The molecule has 1 aromatic rings. The number of piperazine rings is 1. The van der Waals surface area contributed by atoms with Crippen LogP contribution < -0.4 is 9.64 Å². The van der Waals surface area contributed by atoms with Crippen LogP contribution in [0.2, 0.25) is 0 Å². The minimum Gasteiger partial charge on any atom is -0.495 e. The number of hydrogen-bond acceptors (Lipinski definition) is 5. The Morgan fingerprint density at radius 3 is 2.17 bits per heavy atom. The van der Waals surface area contributed by atoms with Crippen LogP contribution in [0.4, 0.5) is 5.69 Å². The molecule has 1 heterocycles. The highest BCUT2D eigenvalue weighted by atomic mass is 16.5. The van der Waals surface area contributed by atoms with Crippen molar-refractivity contribution < 1.29 is 19.1 Å². The lowest BCUT2D eigenvalue weighted by atomic mass is 9.49. The third kappa shape index (κ3) is 3.54. The molecule has 162 valence electrons. The summed E-state index contributed by atoms with van der Waals surface area (Å²) in [6.45, 7) is 2.64. The summed E-state index contributed by atoms with van der Waals surface area (Å²) in [5.41, 5.74) is 0.762. The number of benzene rings is 1. The van der Waals surface area contributed by atoms with Crippen LogP contribution in [0.15, 0.2) is 24.3 Å². The lowest BCUT2D eigenvalue weighted by Crippen LogP contribution is -2.52. The van der Waals surface area contributed by atoms with E-state index in [2.05, 4.69) is 4.90 Å². The molecule has 0 unspecified atom stereocenters. The average molecular weight is 413 g/mol. The monoisotopic (exact) mass is 412 g/mol. The Morgan fingerprint density at radius 2 is 1.57 bits per heavy atom. The standard InChI is InChI=1S/C24H32N2O4/c1-29-21-5-3-2-4-20(21)25-6-8-26(9-7-25)22(27)16-30-23(28)24-13-17-10-18(14-24)12-19(11-17)15-24/h2-5,17-19H,6-16H2,1H3. The number of anilines is 1. The highest BCUT2D eigenvalue weighted by molar-refractivity contribution is 5.83. The predicted octanol–water partition coefficient (Wildman–Crippen LogP) is 3.10. The molecule has 6 nitrogen and oxygen atoms in total. The molecule has 4 saturated carbocycles. The lowest BCUT2D eigenvalue weighted by molar-refractivity contribution is -0.174. The van der Waals surface area contributed by atoms with Crippen molar-refractivity contribution in [2.75, 3.05) is 44.8 Å². The number of ether oxygens (including phenoxy) is 2. The van der Waals surface area contributed by atoms with Crippen LogP contribution in [0, 0.1) is 23.2 Å². The van der Waals surface area contributed by atoms with E-state index in [4.69, 9.17) is 9.47 Å². The number of amides is 1. The predicted molar refractivity (Wildman–Crippen MR) is 113 cm³/mol. The molecule has 6 rings (SSSR count). The Labute approximate surface area is 178 Å². The van der Waals surface area contributed by atoms with Gasteiger partial charge in [-0.05, 0) is 68.4 Å². The summed E-state index contributed by atoms with van der Waals surface area (Å²) in [4.78, 5) is 29.7. The van der Waals surface area contributed by atoms with Crippen LogP contribution in [-0.2, 0) is 14.3 Å². The van der Waals surface area contributed by atoms with Crippen molar-refractivity contribution >= 4 is 17.6 Å². The first kappa shape index (κ1) is 19.7. The molecular weight excluding hydrogens is 380 g/mol. The smallest absolute Gasteiger partial charge is 0.312 e. The van der Waals surface area contributed by atoms with Crippen molar-refractivity contribution in [3.8, 4) is 5.75 Å². The normalized spacial score (nSPS) is 32.2. The summed E-state index contributed by atoms with van der Waals surface area (Å²) in [6, 6.07) is 7.96. The van der Waals surface area contributed by atoms with Gasteiger partial charge in [0.05, 0.1) is 18.2 Å². The maximum Gasteiger partial charge on any atom is 0.312 e. The Bertz CT molecular complexity index is 780. The average Bonchev–Trinajstić information content (AvgIpc) is 2.76. The van der Waals surface area contributed by atoms with E-state index in [9.17, 15) is 9.59 Å². The van der Waals surface area contributed by atoms with E-state index in [0.29, 0.717) is 30.8 Å². The van der Waals surface area contributed by atoms with Crippen molar-refractivity contribution in [2.45, 2.75) is 38.5 Å². The number of carbonyl (C=O) groups excluding carboxylic acids is 2. The molecule has 4 aliphatic carbocycles. The maximum absolute atomic E-state index is 13.0. The zero-order chi connectivity index (χ0) is 20.7. The van der Waals surface area contributed by atoms with E-state index >= 15 is 0 Å². The van der Waals surface area contributed by atoms with Crippen molar-refractivity contribution in [3.05, 3.63) is 24.3 Å². The fourth-order valence-corrected chi connectivity index (χ4v) is 6.82. The fourth-order valence-electron chi connectivity index (χ4n) is 6.82. The minimum atomic E-state index is -0.294. The topological polar surface area (TPSA) is 59.1 Å². The van der Waals surface area contributed by atoms with Crippen LogP contribution in [0.25, 0.3) is 0 Å². The number of nitrogens with zero attached hydrogens (tertiary/aromatic N) is 2. The second-order valence-electron chi connectivity index (χ2n) is 9.81. The number of hydrogen-bond donors (Lipinski definition) is 0. The Morgan fingerprint density at radius 1 is 0.967 bits per heavy atom. The van der Waals surface area contributed by atoms with Gasteiger partial charge in [0.1, 0.15) is 5.75 Å². The molecule has 1 saturated heterocycles. The molecule has 0 spiro atoms. The van der Waals surface area contributed by atoms with Crippen molar-refractivity contribution in [3.63, 3.8) is 0 Å². The van der Waals surface area contributed by atoms with E-state index in [-0.39, 0.29) is 23.9 Å². The first-order valence-electron chi connectivity index (χ1n) is 11.4. The van der Waals surface area contributed by atoms with Gasteiger partial charge in [0.15, 0.2) is 6.61 Å². The summed E-state index contributed by atoms with van der Waals surface area (Å²) in [5, 5.41) is 0. The molecule has 0 N–H and O–H groups in total. The molecule has 1 aliphatic heterocycles. The van der Waals surface area contributed by atoms with E-state index in [1.165, 1.54) is 19.3 Å². The Kier molecular flexibility index (Phi) is 5.11. The quantitative estimate of drug-likeness (QED) is 0.696. The molecule has 0 atom stereocenters. The summed E-state index contributed by atoms with van der Waals surface area (Å²) >= 11 is 0. The molecule has 0 radical (unpaired) electrons. The van der Waals surface area contributed by atoms with Crippen molar-refractivity contribution in [1.82, 2.24) is 4.90 Å². The van der Waals surface area contributed by atoms with Crippen molar-refractivity contribution in [1.29, 1.82) is 0 Å². The summed E-state index contributed by atoms with van der Waals surface area (Å²) in [6.07, 6.45) is 6.81. The first-order chi connectivity index (χ1) is 14.6. The highest BCUT2D eigenvalue weighted by Crippen LogP contribution is 2.60. The number of para-hydroxylation sites is 2. The molecule has 6 heteroatoms. The molecule has 1 amide bonds. The molecule has 1 aromatic carbocycles. The Balaban J connectivity index is 1.13. The summed E-state index contributed by atoms with van der Waals surface area (Å²) in [7, 11) is 1.68. The number of carbonyl (C=O) groups is 2. The van der Waals surface area contributed by atoms with Crippen LogP contribution in [0.3, 0.4) is 0 Å². The van der Waals surface area contributed by atoms with Crippen LogP contribution in [-0.4, -0.2) is 56.7 Å². The van der Waals surface area contributed by atoms with Gasteiger partial charge in [-0.25, -0.2) is 0 Å². The first-order valence-corrected chi connectivity index (χ1v) is 11.4. The number of esters is 1. The number of methoxy groups -OCH3 is 1. The van der Waals surface area contributed by atoms with Gasteiger partial charge in [0.25, 0.3) is 5.91 Å². The van der Waals surface area contributed by atoms with Gasteiger partial charge in [-0.2, -0.15) is 0 Å². The van der Waals surface area contributed by atoms with Gasteiger partial charge in [-0.1, -0.05) is 12.1 Å². The second-order valence-corrected chi connectivity index (χ2v) is 9.81. The lowest BCUT2D eigenvalue weighted by Gasteiger charge is -2.55. The third-order valence-corrected chi connectivity index (χ3v) is 7.86. The zero-order valence-electron chi connectivity index (χ0n) is 17.8. The van der Waals surface area contributed by atoms with E-state index in [1.54, 1.807) is 7.11 Å². The molecule has 5 fully saturated rings. The zero-order valence-corrected chi connectivity index (χ0v) is 17.8. The Hall–Kier alpha value is -2.24. The van der Waals surface area contributed by atoms with Crippen LogP contribution in [0.1, 0.15) is 38.5 Å². The molecule has 30 heavy (non-hydrogen) atoms. The fraction of sp³-hybridized carbons (Fsp3) is 0.667. The summed E-state index contributed by atoms with van der Waals surface area (Å²) < 4.78 is 11.1. The molecule has 5 aliphatic rings. The van der Waals surface area contributed by atoms with Gasteiger partial charge in [0.2, 0.25) is 0 Å². The number of rotatable bonds is 5. The molecule has 0 aromatic heterocycles. The largest absolute Gasteiger partial charge is 0.495 e. The molecular formula is C24H32N2O4. The van der Waals surface area contributed by atoms with Gasteiger partial charge >= 0.3 is 5.97 Å². The third-order valence-electron chi connectivity index (χ3n) is 7.86.